The highest BCUT2D eigenvalue weighted by Gasteiger charge is 2.32. The average Bonchev–Trinajstić information content (AvgIpc) is 2.81. The van der Waals surface area contributed by atoms with Gasteiger partial charge in [0.05, 0.1) is 18.6 Å². The summed E-state index contributed by atoms with van der Waals surface area (Å²) in [7, 11) is 0. The molecule has 2 aromatic rings. The lowest BCUT2D eigenvalue weighted by atomic mass is 9.96. The van der Waals surface area contributed by atoms with Crippen LogP contribution in [-0.2, 0) is 9.59 Å². The van der Waals surface area contributed by atoms with Crippen molar-refractivity contribution in [1.82, 2.24) is 14.7 Å². The molecule has 2 aromatic carbocycles. The van der Waals surface area contributed by atoms with Crippen LogP contribution < -0.4 is 5.73 Å². The number of carbonyl (C=O) groups is 2. The number of piperazine rings is 1. The fourth-order valence-corrected chi connectivity index (χ4v) is 4.89. The minimum atomic E-state index is -0.314. The molecule has 0 aromatic heterocycles. The highest BCUT2D eigenvalue weighted by Crippen LogP contribution is 2.29. The number of hydrogen-bond acceptors (Lipinski definition) is 4. The van der Waals surface area contributed by atoms with E-state index in [4.69, 9.17) is 5.73 Å². The van der Waals surface area contributed by atoms with Crippen LogP contribution >= 0.6 is 0 Å². The normalized spacial score (nSPS) is 20.7. The van der Waals surface area contributed by atoms with Crippen molar-refractivity contribution in [3.63, 3.8) is 0 Å². The maximum atomic E-state index is 13.0. The fraction of sp³-hybridized carbons (Fsp3) is 0.440. The number of carbonyl (C=O) groups excluding carboxylic acids is 2. The summed E-state index contributed by atoms with van der Waals surface area (Å²) >= 11 is 0. The summed E-state index contributed by atoms with van der Waals surface area (Å²) in [6.45, 7) is 4.09. The van der Waals surface area contributed by atoms with E-state index < -0.39 is 0 Å². The van der Waals surface area contributed by atoms with E-state index in [0.29, 0.717) is 13.1 Å². The number of rotatable bonds is 6. The number of benzene rings is 2. The molecule has 2 amide bonds. The zero-order valence-electron chi connectivity index (χ0n) is 18.0. The average molecular weight is 421 g/mol. The Bertz CT molecular complexity index is 826. The van der Waals surface area contributed by atoms with Gasteiger partial charge in [-0.1, -0.05) is 67.1 Å². The van der Waals surface area contributed by atoms with Crippen molar-refractivity contribution in [3.8, 4) is 0 Å². The van der Waals surface area contributed by atoms with Gasteiger partial charge in [-0.05, 0) is 30.5 Å². The van der Waals surface area contributed by atoms with Gasteiger partial charge in [-0.3, -0.25) is 19.4 Å². The molecule has 2 saturated heterocycles. The lowest BCUT2D eigenvalue weighted by molar-refractivity contribution is -0.136. The molecule has 6 nitrogen and oxygen atoms in total. The highest BCUT2D eigenvalue weighted by molar-refractivity contribution is 5.82. The molecular formula is C25H32N4O2. The molecule has 31 heavy (non-hydrogen) atoms. The Balaban J connectivity index is 1.41. The van der Waals surface area contributed by atoms with Crippen LogP contribution in [0.15, 0.2) is 60.7 Å². The number of likely N-dealkylation sites (tertiary alicyclic amines) is 1. The smallest absolute Gasteiger partial charge is 0.236 e. The number of nitrogens with two attached hydrogens (primary N) is 1. The summed E-state index contributed by atoms with van der Waals surface area (Å²) in [5, 5.41) is 0. The number of hydrogen-bond donors (Lipinski definition) is 1. The second kappa shape index (κ2) is 10.1. The Labute approximate surface area is 184 Å². The SMILES string of the molecule is NC(=O)[C@@H]1CCCCN1CC(=O)N1CCN(C(c2ccccc2)c2ccccc2)CC1. The van der Waals surface area contributed by atoms with Gasteiger partial charge in [0.15, 0.2) is 0 Å². The zero-order valence-corrected chi connectivity index (χ0v) is 18.0. The lowest BCUT2D eigenvalue weighted by Crippen LogP contribution is -2.55. The van der Waals surface area contributed by atoms with Crippen molar-refractivity contribution in [2.75, 3.05) is 39.3 Å². The van der Waals surface area contributed by atoms with Crippen LogP contribution in [0.5, 0.6) is 0 Å². The van der Waals surface area contributed by atoms with Crippen LogP contribution in [0.2, 0.25) is 0 Å². The summed E-state index contributed by atoms with van der Waals surface area (Å²) in [5.74, 6) is -0.213. The van der Waals surface area contributed by atoms with Crippen molar-refractivity contribution < 1.29 is 9.59 Å². The van der Waals surface area contributed by atoms with Gasteiger partial charge in [0.25, 0.3) is 0 Å². The Kier molecular flexibility index (Phi) is 6.99. The number of nitrogens with zero attached hydrogens (tertiary/aromatic N) is 3. The van der Waals surface area contributed by atoms with Crippen molar-refractivity contribution in [3.05, 3.63) is 71.8 Å². The molecule has 1 atom stereocenters. The number of primary amides is 1. The number of amides is 2. The molecule has 2 N–H and O–H groups in total. The van der Waals surface area contributed by atoms with Crippen LogP contribution in [-0.4, -0.2) is 71.8 Å². The van der Waals surface area contributed by atoms with Crippen LogP contribution in [0.3, 0.4) is 0 Å². The van der Waals surface area contributed by atoms with Crippen LogP contribution in [0.1, 0.15) is 36.4 Å². The quantitative estimate of drug-likeness (QED) is 0.778. The van der Waals surface area contributed by atoms with E-state index >= 15 is 0 Å². The monoisotopic (exact) mass is 420 g/mol. The van der Waals surface area contributed by atoms with Gasteiger partial charge in [0.2, 0.25) is 11.8 Å². The third-order valence-electron chi connectivity index (χ3n) is 6.54. The molecule has 6 heteroatoms. The Morgan fingerprint density at radius 2 is 1.42 bits per heavy atom. The van der Waals surface area contributed by atoms with Gasteiger partial charge in [-0.15, -0.1) is 0 Å². The maximum absolute atomic E-state index is 13.0. The summed E-state index contributed by atoms with van der Waals surface area (Å²) in [5.41, 5.74) is 8.10. The van der Waals surface area contributed by atoms with E-state index in [1.807, 2.05) is 21.9 Å². The maximum Gasteiger partial charge on any atom is 0.236 e. The molecule has 0 spiro atoms. The number of piperidine rings is 1. The van der Waals surface area contributed by atoms with Gasteiger partial charge in [-0.25, -0.2) is 0 Å². The predicted octanol–water partition coefficient (Wildman–Crippen LogP) is 2.26. The molecule has 2 fully saturated rings. The highest BCUT2D eigenvalue weighted by atomic mass is 16.2. The summed E-state index contributed by atoms with van der Waals surface area (Å²) in [6, 6.07) is 21.0. The second-order valence-electron chi connectivity index (χ2n) is 8.53. The summed E-state index contributed by atoms with van der Waals surface area (Å²) in [6.07, 6.45) is 2.77. The minimum absolute atomic E-state index is 0.101. The Morgan fingerprint density at radius 3 is 1.97 bits per heavy atom. The lowest BCUT2D eigenvalue weighted by Gasteiger charge is -2.41. The molecule has 0 saturated carbocycles. The standard InChI is InChI=1S/C25H32N4O2/c26-25(31)22-13-7-8-14-29(22)19-23(30)27-15-17-28(18-16-27)24(20-9-3-1-4-10-20)21-11-5-2-6-12-21/h1-6,9-12,22,24H,7-8,13-19H2,(H2,26,31)/t22-/m0/s1. The first-order chi connectivity index (χ1) is 15.1. The largest absolute Gasteiger partial charge is 0.368 e. The molecule has 4 rings (SSSR count). The summed E-state index contributed by atoms with van der Waals surface area (Å²) in [4.78, 5) is 31.1. The van der Waals surface area contributed by atoms with E-state index in [2.05, 4.69) is 53.4 Å². The van der Waals surface area contributed by atoms with Crippen molar-refractivity contribution in [1.29, 1.82) is 0 Å². The van der Waals surface area contributed by atoms with Crippen molar-refractivity contribution in [2.45, 2.75) is 31.3 Å². The Hall–Kier alpha value is -2.70. The first-order valence-corrected chi connectivity index (χ1v) is 11.3. The van der Waals surface area contributed by atoms with Crippen LogP contribution in [0, 0.1) is 0 Å². The van der Waals surface area contributed by atoms with E-state index in [0.717, 1.165) is 38.9 Å². The third-order valence-corrected chi connectivity index (χ3v) is 6.54. The van der Waals surface area contributed by atoms with Gasteiger partial charge in [0.1, 0.15) is 0 Å². The first kappa shape index (κ1) is 21.5. The molecular weight excluding hydrogens is 388 g/mol. The molecule has 164 valence electrons. The van der Waals surface area contributed by atoms with Gasteiger partial charge < -0.3 is 10.6 Å². The Morgan fingerprint density at radius 1 is 0.839 bits per heavy atom. The topological polar surface area (TPSA) is 69.9 Å². The molecule has 2 heterocycles. The van der Waals surface area contributed by atoms with E-state index in [-0.39, 0.29) is 30.4 Å². The molecule has 2 aliphatic rings. The molecule has 0 unspecified atom stereocenters. The van der Waals surface area contributed by atoms with Gasteiger partial charge in [0, 0.05) is 26.2 Å². The summed E-state index contributed by atoms with van der Waals surface area (Å²) < 4.78 is 0. The van der Waals surface area contributed by atoms with Gasteiger partial charge >= 0.3 is 0 Å². The van der Waals surface area contributed by atoms with Crippen molar-refractivity contribution in [2.24, 2.45) is 5.73 Å². The molecule has 0 bridgehead atoms. The second-order valence-corrected chi connectivity index (χ2v) is 8.53. The molecule has 0 aliphatic carbocycles. The van der Waals surface area contributed by atoms with Crippen molar-refractivity contribution >= 4 is 11.8 Å². The van der Waals surface area contributed by atoms with E-state index in [1.165, 1.54) is 11.1 Å². The fourth-order valence-electron chi connectivity index (χ4n) is 4.89. The predicted molar refractivity (Wildman–Crippen MR) is 121 cm³/mol. The zero-order chi connectivity index (χ0) is 21.6. The van der Waals surface area contributed by atoms with Crippen LogP contribution in [0.4, 0.5) is 0 Å². The van der Waals surface area contributed by atoms with Crippen LogP contribution in [0.25, 0.3) is 0 Å². The molecule has 0 radical (unpaired) electrons. The first-order valence-electron chi connectivity index (χ1n) is 11.3. The van der Waals surface area contributed by atoms with E-state index in [1.54, 1.807) is 0 Å². The van der Waals surface area contributed by atoms with E-state index in [9.17, 15) is 9.59 Å². The minimum Gasteiger partial charge on any atom is -0.368 e. The molecule has 2 aliphatic heterocycles. The third kappa shape index (κ3) is 5.14. The van der Waals surface area contributed by atoms with Gasteiger partial charge in [-0.2, -0.15) is 0 Å².